The summed E-state index contributed by atoms with van der Waals surface area (Å²) in [7, 11) is 0. The van der Waals surface area contributed by atoms with Crippen LogP contribution in [-0.4, -0.2) is 32.1 Å². The first-order valence-electron chi connectivity index (χ1n) is 5.01. The van der Waals surface area contributed by atoms with Crippen LogP contribution in [0.25, 0.3) is 0 Å². The maximum atomic E-state index is 11.4. The lowest BCUT2D eigenvalue weighted by molar-refractivity contribution is -0.194. The number of rotatable bonds is 7. The molecule has 0 atom stereocenters. The maximum Gasteiger partial charge on any atom is 0.363 e. The van der Waals surface area contributed by atoms with Crippen LogP contribution in [0.5, 0.6) is 0 Å². The van der Waals surface area contributed by atoms with Gasteiger partial charge in [0.25, 0.3) is 6.29 Å². The molecule has 0 aromatic carbocycles. The van der Waals surface area contributed by atoms with Gasteiger partial charge in [-0.25, -0.2) is 4.79 Å². The van der Waals surface area contributed by atoms with Gasteiger partial charge in [-0.15, -0.1) is 0 Å². The molecule has 0 aliphatic carbocycles. The van der Waals surface area contributed by atoms with Crippen molar-refractivity contribution in [3.8, 4) is 0 Å². The molecule has 0 aliphatic rings. The first-order valence-corrected chi connectivity index (χ1v) is 5.01. The molecular weight excluding hydrogens is 184 g/mol. The minimum absolute atomic E-state index is 0.322. The smallest absolute Gasteiger partial charge is 0.363 e. The number of ether oxygens (including phenoxy) is 3. The predicted octanol–water partition coefficient (Wildman–Crippen LogP) is 1.58. The molecule has 0 saturated heterocycles. The Labute approximate surface area is 85.5 Å². The van der Waals surface area contributed by atoms with E-state index in [0.717, 1.165) is 0 Å². The highest BCUT2D eigenvalue weighted by Crippen LogP contribution is 2.01. The number of hydrogen-bond donors (Lipinski definition) is 0. The molecule has 0 amide bonds. The van der Waals surface area contributed by atoms with Crippen LogP contribution in [0.3, 0.4) is 0 Å². The molecule has 84 valence electrons. The number of carbonyl (C=O) groups is 1. The standard InChI is InChI=1S/C10H20O4/c1-5-12-10(13-6-2)9(11)14-7-8(3)4/h8,10H,5-7H2,1-4H3. The summed E-state index contributed by atoms with van der Waals surface area (Å²) >= 11 is 0. The van der Waals surface area contributed by atoms with Gasteiger partial charge < -0.3 is 14.2 Å². The van der Waals surface area contributed by atoms with Crippen molar-refractivity contribution in [2.24, 2.45) is 5.92 Å². The molecule has 0 spiro atoms. The zero-order chi connectivity index (χ0) is 11.0. The summed E-state index contributed by atoms with van der Waals surface area (Å²) in [5.41, 5.74) is 0. The summed E-state index contributed by atoms with van der Waals surface area (Å²) in [6.07, 6.45) is -0.872. The lowest BCUT2D eigenvalue weighted by atomic mass is 10.2. The number of hydrogen-bond acceptors (Lipinski definition) is 4. The van der Waals surface area contributed by atoms with E-state index in [2.05, 4.69) is 0 Å². The minimum atomic E-state index is -0.872. The van der Waals surface area contributed by atoms with Gasteiger partial charge >= 0.3 is 5.97 Å². The van der Waals surface area contributed by atoms with E-state index in [0.29, 0.717) is 25.7 Å². The van der Waals surface area contributed by atoms with E-state index < -0.39 is 12.3 Å². The highest BCUT2D eigenvalue weighted by Gasteiger charge is 2.20. The van der Waals surface area contributed by atoms with Gasteiger partial charge in [0, 0.05) is 13.2 Å². The molecule has 0 fully saturated rings. The minimum Gasteiger partial charge on any atom is -0.462 e. The van der Waals surface area contributed by atoms with Gasteiger partial charge in [-0.05, 0) is 19.8 Å². The van der Waals surface area contributed by atoms with Crippen molar-refractivity contribution in [2.45, 2.75) is 34.0 Å². The van der Waals surface area contributed by atoms with Gasteiger partial charge in [-0.3, -0.25) is 0 Å². The van der Waals surface area contributed by atoms with Crippen LogP contribution in [0.1, 0.15) is 27.7 Å². The van der Waals surface area contributed by atoms with E-state index in [1.54, 1.807) is 0 Å². The van der Waals surface area contributed by atoms with Crippen molar-refractivity contribution in [2.75, 3.05) is 19.8 Å². The predicted molar refractivity (Wildman–Crippen MR) is 52.8 cm³/mol. The molecular formula is C10H20O4. The SMILES string of the molecule is CCOC(OCC)C(=O)OCC(C)C. The Hall–Kier alpha value is -0.610. The third-order valence-corrected chi connectivity index (χ3v) is 1.39. The molecule has 14 heavy (non-hydrogen) atoms. The normalized spacial score (nSPS) is 11.0. The van der Waals surface area contributed by atoms with Gasteiger partial charge in [0.05, 0.1) is 6.61 Å². The molecule has 0 N–H and O–H groups in total. The monoisotopic (exact) mass is 204 g/mol. The Morgan fingerprint density at radius 1 is 1.14 bits per heavy atom. The fourth-order valence-electron chi connectivity index (χ4n) is 0.804. The first-order chi connectivity index (χ1) is 6.61. The van der Waals surface area contributed by atoms with Crippen molar-refractivity contribution in [3.05, 3.63) is 0 Å². The molecule has 0 saturated carbocycles. The lowest BCUT2D eigenvalue weighted by Crippen LogP contribution is -2.30. The van der Waals surface area contributed by atoms with E-state index >= 15 is 0 Å². The first kappa shape index (κ1) is 13.4. The highest BCUT2D eigenvalue weighted by atomic mass is 16.7. The molecule has 0 bridgehead atoms. The van der Waals surface area contributed by atoms with Crippen molar-refractivity contribution in [1.82, 2.24) is 0 Å². The van der Waals surface area contributed by atoms with Crippen LogP contribution in [0.15, 0.2) is 0 Å². The average Bonchev–Trinajstić information content (AvgIpc) is 2.14. The maximum absolute atomic E-state index is 11.4. The summed E-state index contributed by atoms with van der Waals surface area (Å²) in [6, 6.07) is 0. The van der Waals surface area contributed by atoms with E-state index in [-0.39, 0.29) is 0 Å². The van der Waals surface area contributed by atoms with Crippen LogP contribution in [0.2, 0.25) is 0 Å². The summed E-state index contributed by atoms with van der Waals surface area (Å²) < 4.78 is 15.1. The van der Waals surface area contributed by atoms with Gasteiger partial charge in [0.1, 0.15) is 0 Å². The molecule has 0 rings (SSSR count). The molecule has 4 heteroatoms. The van der Waals surface area contributed by atoms with E-state index in [1.165, 1.54) is 0 Å². The van der Waals surface area contributed by atoms with Gasteiger partial charge in [0.15, 0.2) is 0 Å². The van der Waals surface area contributed by atoms with Crippen LogP contribution < -0.4 is 0 Å². The van der Waals surface area contributed by atoms with Gasteiger partial charge in [-0.1, -0.05) is 13.8 Å². The lowest BCUT2D eigenvalue weighted by Gasteiger charge is -2.16. The number of esters is 1. The Kier molecular flexibility index (Phi) is 7.42. The summed E-state index contributed by atoms with van der Waals surface area (Å²) in [5, 5.41) is 0. The molecule has 4 nitrogen and oxygen atoms in total. The van der Waals surface area contributed by atoms with Crippen LogP contribution in [0, 0.1) is 5.92 Å². The van der Waals surface area contributed by atoms with Gasteiger partial charge in [-0.2, -0.15) is 0 Å². The Morgan fingerprint density at radius 2 is 1.64 bits per heavy atom. The second-order valence-electron chi connectivity index (χ2n) is 3.27. The summed E-state index contributed by atoms with van der Waals surface area (Å²) in [4.78, 5) is 11.4. The van der Waals surface area contributed by atoms with Crippen LogP contribution in [-0.2, 0) is 19.0 Å². The Morgan fingerprint density at radius 3 is 2.00 bits per heavy atom. The highest BCUT2D eigenvalue weighted by molar-refractivity contribution is 5.73. The number of carbonyl (C=O) groups excluding carboxylic acids is 1. The van der Waals surface area contributed by atoms with Gasteiger partial charge in [0.2, 0.25) is 0 Å². The Balaban J connectivity index is 3.88. The van der Waals surface area contributed by atoms with Crippen molar-refractivity contribution in [3.63, 3.8) is 0 Å². The molecule has 0 radical (unpaired) electrons. The fourth-order valence-corrected chi connectivity index (χ4v) is 0.804. The third-order valence-electron chi connectivity index (χ3n) is 1.39. The third kappa shape index (κ3) is 5.94. The molecule has 0 heterocycles. The average molecular weight is 204 g/mol. The fraction of sp³-hybridized carbons (Fsp3) is 0.900. The van der Waals surface area contributed by atoms with Crippen LogP contribution in [0.4, 0.5) is 0 Å². The van der Waals surface area contributed by atoms with E-state index in [1.807, 2.05) is 27.7 Å². The molecule has 0 unspecified atom stereocenters. The molecule has 0 aliphatic heterocycles. The second-order valence-corrected chi connectivity index (χ2v) is 3.27. The topological polar surface area (TPSA) is 44.8 Å². The van der Waals surface area contributed by atoms with Crippen molar-refractivity contribution < 1.29 is 19.0 Å². The zero-order valence-corrected chi connectivity index (χ0v) is 9.41. The zero-order valence-electron chi connectivity index (χ0n) is 9.41. The van der Waals surface area contributed by atoms with E-state index in [4.69, 9.17) is 14.2 Å². The Bertz CT molecular complexity index is 150. The van der Waals surface area contributed by atoms with Crippen molar-refractivity contribution >= 4 is 5.97 Å². The quantitative estimate of drug-likeness (QED) is 0.466. The largest absolute Gasteiger partial charge is 0.462 e. The van der Waals surface area contributed by atoms with Crippen LogP contribution >= 0.6 is 0 Å². The molecule has 0 aromatic heterocycles. The molecule has 0 aromatic rings. The summed E-state index contributed by atoms with van der Waals surface area (Å²) in [6.45, 7) is 8.83. The van der Waals surface area contributed by atoms with E-state index in [9.17, 15) is 4.79 Å². The second kappa shape index (κ2) is 7.76. The summed E-state index contributed by atoms with van der Waals surface area (Å²) in [5.74, 6) is -0.120. The van der Waals surface area contributed by atoms with Crippen molar-refractivity contribution in [1.29, 1.82) is 0 Å².